The summed E-state index contributed by atoms with van der Waals surface area (Å²) < 4.78 is 12.6. The number of benzene rings is 4. The molecule has 6 aromatic rings. The van der Waals surface area contributed by atoms with Crippen LogP contribution in [0.2, 0.25) is 0 Å². The van der Waals surface area contributed by atoms with Crippen molar-refractivity contribution in [2.24, 2.45) is 0 Å². The normalized spacial score (nSPS) is 12.1. The van der Waals surface area contributed by atoms with E-state index in [2.05, 4.69) is 17.1 Å². The third kappa shape index (κ3) is 4.62. The summed E-state index contributed by atoms with van der Waals surface area (Å²) in [5, 5.41) is 2.51. The molecule has 0 bridgehead atoms. The van der Waals surface area contributed by atoms with E-state index in [9.17, 15) is 4.79 Å². The summed E-state index contributed by atoms with van der Waals surface area (Å²) in [4.78, 5) is 22.6. The number of imidazole rings is 1. The number of nitrogens with one attached hydrogen (secondary N) is 1. The number of fused-ring (bicyclic) bond motifs is 3. The van der Waals surface area contributed by atoms with Crippen LogP contribution < -0.4 is 9.47 Å². The molecular weight excluding hydrogens is 518 g/mol. The van der Waals surface area contributed by atoms with Gasteiger partial charge >= 0.3 is 0 Å². The van der Waals surface area contributed by atoms with Crippen LogP contribution in [0, 0.1) is 0 Å². The van der Waals surface area contributed by atoms with Crippen molar-refractivity contribution in [1.29, 1.82) is 0 Å². The lowest BCUT2D eigenvalue weighted by molar-refractivity contribution is 0.0919. The number of aromatic nitrogens is 3. The van der Waals surface area contributed by atoms with Crippen LogP contribution in [0.4, 0.5) is 0 Å². The first-order valence-electron chi connectivity index (χ1n) is 13.2. The number of ether oxygens (including phenoxy) is 2. The SMILES string of the molecule is CCC(Sc1nc(-c2ccc(OC)cc2)c(-c2ccc(OC)cc2)[nH]1)C(=O)n1c2ccccc2c2ccccc21. The minimum atomic E-state index is -0.335. The second-order valence-electron chi connectivity index (χ2n) is 9.45. The molecule has 1 atom stereocenters. The summed E-state index contributed by atoms with van der Waals surface area (Å²) >= 11 is 1.47. The van der Waals surface area contributed by atoms with Gasteiger partial charge in [0, 0.05) is 21.9 Å². The van der Waals surface area contributed by atoms with E-state index in [4.69, 9.17) is 14.5 Å². The summed E-state index contributed by atoms with van der Waals surface area (Å²) in [5.74, 6) is 1.60. The average molecular weight is 548 g/mol. The van der Waals surface area contributed by atoms with Crippen LogP contribution in [0.25, 0.3) is 44.3 Å². The summed E-state index contributed by atoms with van der Waals surface area (Å²) in [6.07, 6.45) is 0.654. The molecule has 0 aliphatic heterocycles. The molecule has 7 heteroatoms. The molecule has 4 aromatic carbocycles. The van der Waals surface area contributed by atoms with Gasteiger partial charge in [0.1, 0.15) is 11.5 Å². The van der Waals surface area contributed by atoms with E-state index < -0.39 is 0 Å². The molecule has 200 valence electrons. The Morgan fingerprint density at radius 1 is 0.800 bits per heavy atom. The number of thioether (sulfide) groups is 1. The van der Waals surface area contributed by atoms with Crippen molar-refractivity contribution >= 4 is 39.5 Å². The standard InChI is InChI=1S/C33H29N3O3S/c1-4-29(32(37)36-27-11-7-5-9-25(27)26-10-6-8-12-28(26)36)40-33-34-30(21-13-17-23(38-2)18-14-21)31(35-33)22-15-19-24(39-3)20-16-22/h5-20,29H,4H2,1-3H3,(H,34,35). The first kappa shape index (κ1) is 25.8. The van der Waals surface area contributed by atoms with Crippen molar-refractivity contribution < 1.29 is 14.3 Å². The molecule has 0 spiro atoms. The average Bonchev–Trinajstić information content (AvgIpc) is 3.59. The maximum Gasteiger partial charge on any atom is 0.245 e. The molecule has 0 saturated heterocycles. The van der Waals surface area contributed by atoms with Gasteiger partial charge in [-0.05, 0) is 67.1 Å². The smallest absolute Gasteiger partial charge is 0.245 e. The maximum absolute atomic E-state index is 14.1. The van der Waals surface area contributed by atoms with Gasteiger partial charge in [-0.15, -0.1) is 0 Å². The zero-order valence-electron chi connectivity index (χ0n) is 22.5. The van der Waals surface area contributed by atoms with Crippen LogP contribution in [0.3, 0.4) is 0 Å². The Morgan fingerprint density at radius 3 is 1.85 bits per heavy atom. The van der Waals surface area contributed by atoms with E-state index in [0.717, 1.165) is 55.8 Å². The first-order chi connectivity index (χ1) is 19.6. The lowest BCUT2D eigenvalue weighted by Gasteiger charge is -2.14. The Labute approximate surface area is 237 Å². The summed E-state index contributed by atoms with van der Waals surface area (Å²) in [6, 6.07) is 31.9. The summed E-state index contributed by atoms with van der Waals surface area (Å²) in [5.41, 5.74) is 5.48. The Balaban J connectivity index is 1.40. The highest BCUT2D eigenvalue weighted by atomic mass is 32.2. The van der Waals surface area contributed by atoms with Crippen LogP contribution in [-0.2, 0) is 0 Å². The van der Waals surface area contributed by atoms with Crippen molar-refractivity contribution in [3.8, 4) is 34.0 Å². The van der Waals surface area contributed by atoms with Gasteiger partial charge in [-0.1, -0.05) is 55.1 Å². The van der Waals surface area contributed by atoms with E-state index in [-0.39, 0.29) is 11.2 Å². The maximum atomic E-state index is 14.1. The molecule has 1 N–H and O–H groups in total. The highest BCUT2D eigenvalue weighted by molar-refractivity contribution is 8.00. The molecule has 6 rings (SSSR count). The molecular formula is C33H29N3O3S. The number of methoxy groups -OCH3 is 2. The lowest BCUT2D eigenvalue weighted by Crippen LogP contribution is -2.23. The van der Waals surface area contributed by atoms with Crippen molar-refractivity contribution in [2.45, 2.75) is 23.8 Å². The summed E-state index contributed by atoms with van der Waals surface area (Å²) in [7, 11) is 3.31. The van der Waals surface area contributed by atoms with Crippen molar-refractivity contribution in [3.63, 3.8) is 0 Å². The van der Waals surface area contributed by atoms with E-state index in [1.807, 2.05) is 96.4 Å². The number of aromatic amines is 1. The van der Waals surface area contributed by atoms with Gasteiger partial charge in [-0.25, -0.2) is 4.98 Å². The molecule has 0 amide bonds. The van der Waals surface area contributed by atoms with Gasteiger partial charge in [-0.2, -0.15) is 0 Å². The highest BCUT2D eigenvalue weighted by Gasteiger charge is 2.26. The monoisotopic (exact) mass is 547 g/mol. The second kappa shape index (κ2) is 10.9. The van der Waals surface area contributed by atoms with E-state index in [0.29, 0.717) is 11.6 Å². The quantitative estimate of drug-likeness (QED) is 0.195. The van der Waals surface area contributed by atoms with Crippen molar-refractivity contribution in [1.82, 2.24) is 14.5 Å². The number of para-hydroxylation sites is 2. The fourth-order valence-electron chi connectivity index (χ4n) is 5.08. The zero-order chi connectivity index (χ0) is 27.6. The number of H-pyrrole nitrogens is 1. The number of nitrogens with zero attached hydrogens (tertiary/aromatic N) is 2. The van der Waals surface area contributed by atoms with Crippen molar-refractivity contribution in [2.75, 3.05) is 14.2 Å². The molecule has 1 unspecified atom stereocenters. The number of hydrogen-bond donors (Lipinski definition) is 1. The lowest BCUT2D eigenvalue weighted by atomic mass is 10.0. The number of rotatable bonds is 8. The Bertz CT molecular complexity index is 1690. The van der Waals surface area contributed by atoms with Gasteiger partial charge in [0.15, 0.2) is 5.16 Å². The minimum Gasteiger partial charge on any atom is -0.497 e. The van der Waals surface area contributed by atoms with Gasteiger partial charge in [0.05, 0.1) is 41.9 Å². The number of carbonyl (C=O) groups excluding carboxylic acids is 1. The van der Waals surface area contributed by atoms with Gasteiger partial charge in [0.2, 0.25) is 5.91 Å². The predicted molar refractivity (Wildman–Crippen MR) is 163 cm³/mol. The van der Waals surface area contributed by atoms with Gasteiger partial charge in [-0.3, -0.25) is 9.36 Å². The molecule has 0 saturated carbocycles. The number of hydrogen-bond acceptors (Lipinski definition) is 5. The van der Waals surface area contributed by atoms with Gasteiger partial charge in [0.25, 0.3) is 0 Å². The Hall–Kier alpha value is -4.49. The van der Waals surface area contributed by atoms with E-state index in [1.54, 1.807) is 14.2 Å². The molecule has 0 aliphatic carbocycles. The van der Waals surface area contributed by atoms with Crippen LogP contribution in [-0.4, -0.2) is 39.9 Å². The summed E-state index contributed by atoms with van der Waals surface area (Å²) in [6.45, 7) is 2.04. The van der Waals surface area contributed by atoms with Crippen LogP contribution in [0.5, 0.6) is 11.5 Å². The molecule has 40 heavy (non-hydrogen) atoms. The fraction of sp³-hybridized carbons (Fsp3) is 0.152. The Kier molecular flexibility index (Phi) is 7.05. The van der Waals surface area contributed by atoms with Gasteiger partial charge < -0.3 is 14.5 Å². The third-order valence-corrected chi connectivity index (χ3v) is 8.36. The predicted octanol–water partition coefficient (Wildman–Crippen LogP) is 8.08. The second-order valence-corrected chi connectivity index (χ2v) is 10.6. The third-order valence-electron chi connectivity index (χ3n) is 7.12. The molecule has 2 heterocycles. The van der Waals surface area contributed by atoms with Crippen LogP contribution >= 0.6 is 11.8 Å². The zero-order valence-corrected chi connectivity index (χ0v) is 23.4. The topological polar surface area (TPSA) is 69.1 Å². The van der Waals surface area contributed by atoms with Crippen molar-refractivity contribution in [3.05, 3.63) is 97.1 Å². The largest absolute Gasteiger partial charge is 0.497 e. The minimum absolute atomic E-state index is 0.0401. The highest BCUT2D eigenvalue weighted by Crippen LogP contribution is 2.37. The van der Waals surface area contributed by atoms with E-state index in [1.165, 1.54) is 11.8 Å². The fourth-order valence-corrected chi connectivity index (χ4v) is 6.03. The number of carbonyl (C=O) groups is 1. The molecule has 6 nitrogen and oxygen atoms in total. The molecule has 0 aliphatic rings. The molecule has 0 fully saturated rings. The van der Waals surface area contributed by atoms with E-state index >= 15 is 0 Å². The van der Waals surface area contributed by atoms with Crippen LogP contribution in [0.1, 0.15) is 18.1 Å². The molecule has 2 aromatic heterocycles. The Morgan fingerprint density at radius 2 is 1.32 bits per heavy atom. The first-order valence-corrected chi connectivity index (χ1v) is 14.1. The van der Waals surface area contributed by atoms with Crippen LogP contribution in [0.15, 0.2) is 102 Å². The molecule has 0 radical (unpaired) electrons.